The Hall–Kier alpha value is -1.42. The van der Waals surface area contributed by atoms with Crippen molar-refractivity contribution in [1.29, 1.82) is 0 Å². The monoisotopic (exact) mass is 247 g/mol. The summed E-state index contributed by atoms with van der Waals surface area (Å²) in [5.74, 6) is 5.62. The van der Waals surface area contributed by atoms with E-state index in [1.165, 1.54) is 0 Å². The number of nitrogens with one attached hydrogen (secondary N) is 1. The molecule has 0 saturated heterocycles. The van der Waals surface area contributed by atoms with Crippen molar-refractivity contribution in [3.63, 3.8) is 0 Å². The number of nitrogens with zero attached hydrogens (tertiary/aromatic N) is 1. The quantitative estimate of drug-likeness (QED) is 0.648. The summed E-state index contributed by atoms with van der Waals surface area (Å²) in [6, 6.07) is 9.61. The molecule has 1 atom stereocenters. The molecule has 1 unspecified atom stereocenters. The fourth-order valence-electron chi connectivity index (χ4n) is 1.81. The largest absolute Gasteiger partial charge is 0.271 e. The van der Waals surface area contributed by atoms with Crippen LogP contribution in [0, 0.1) is 6.92 Å². The molecule has 2 rings (SSSR count). The van der Waals surface area contributed by atoms with Crippen LogP contribution in [0.25, 0.3) is 0 Å². The Morgan fingerprint density at radius 1 is 1.29 bits per heavy atom. The van der Waals surface area contributed by atoms with Gasteiger partial charge in [-0.05, 0) is 29.7 Å². The van der Waals surface area contributed by atoms with E-state index in [1.807, 2.05) is 37.3 Å². The van der Waals surface area contributed by atoms with Gasteiger partial charge in [-0.3, -0.25) is 10.8 Å². The number of halogens is 1. The Labute approximate surface area is 106 Å². The molecule has 4 heteroatoms. The highest BCUT2D eigenvalue weighted by Crippen LogP contribution is 2.29. The second-order valence-corrected chi connectivity index (χ2v) is 4.24. The van der Waals surface area contributed by atoms with Gasteiger partial charge in [-0.2, -0.15) is 0 Å². The number of hydrogen-bond acceptors (Lipinski definition) is 3. The van der Waals surface area contributed by atoms with Crippen molar-refractivity contribution in [2.24, 2.45) is 5.84 Å². The third kappa shape index (κ3) is 2.47. The molecule has 3 N–H and O–H groups in total. The van der Waals surface area contributed by atoms with Crippen molar-refractivity contribution in [2.45, 2.75) is 13.0 Å². The summed E-state index contributed by atoms with van der Waals surface area (Å²) in [5, 5.41) is 0.735. The molecular weight excluding hydrogens is 234 g/mol. The summed E-state index contributed by atoms with van der Waals surface area (Å²) in [5.41, 5.74) is 5.76. The summed E-state index contributed by atoms with van der Waals surface area (Å²) in [7, 11) is 0. The van der Waals surface area contributed by atoms with Gasteiger partial charge in [0, 0.05) is 17.4 Å². The maximum Gasteiger partial charge on any atom is 0.0739 e. The molecular formula is C13H14ClN3. The van der Waals surface area contributed by atoms with Crippen LogP contribution in [-0.4, -0.2) is 4.98 Å². The van der Waals surface area contributed by atoms with E-state index in [1.54, 1.807) is 12.4 Å². The first kappa shape index (κ1) is 12.0. The zero-order valence-corrected chi connectivity index (χ0v) is 10.3. The van der Waals surface area contributed by atoms with Crippen molar-refractivity contribution >= 4 is 11.6 Å². The molecule has 0 aliphatic rings. The van der Waals surface area contributed by atoms with Gasteiger partial charge in [-0.25, -0.2) is 5.43 Å². The van der Waals surface area contributed by atoms with Crippen molar-refractivity contribution in [1.82, 2.24) is 10.4 Å². The normalized spacial score (nSPS) is 12.4. The molecule has 0 aliphatic heterocycles. The second kappa shape index (κ2) is 5.27. The van der Waals surface area contributed by atoms with Crippen molar-refractivity contribution in [3.8, 4) is 0 Å². The summed E-state index contributed by atoms with van der Waals surface area (Å²) in [6.07, 6.45) is 3.51. The lowest BCUT2D eigenvalue weighted by Gasteiger charge is -2.18. The molecule has 0 amide bonds. The van der Waals surface area contributed by atoms with Gasteiger partial charge in [0.1, 0.15) is 0 Å². The molecule has 3 nitrogen and oxygen atoms in total. The van der Waals surface area contributed by atoms with Gasteiger partial charge in [-0.1, -0.05) is 35.9 Å². The van der Waals surface area contributed by atoms with Crippen molar-refractivity contribution < 1.29 is 0 Å². The lowest BCUT2D eigenvalue weighted by Crippen LogP contribution is -2.29. The maximum atomic E-state index is 6.30. The second-order valence-electron chi connectivity index (χ2n) is 3.86. The average molecular weight is 248 g/mol. The summed E-state index contributed by atoms with van der Waals surface area (Å²) in [6.45, 7) is 1.97. The average Bonchev–Trinajstić information content (AvgIpc) is 2.37. The molecule has 0 spiro atoms. The van der Waals surface area contributed by atoms with Gasteiger partial charge in [0.15, 0.2) is 0 Å². The van der Waals surface area contributed by atoms with Gasteiger partial charge < -0.3 is 0 Å². The molecule has 88 valence electrons. The van der Waals surface area contributed by atoms with E-state index in [4.69, 9.17) is 17.4 Å². The molecule has 17 heavy (non-hydrogen) atoms. The van der Waals surface area contributed by atoms with Crippen molar-refractivity contribution in [3.05, 3.63) is 64.4 Å². The first-order chi connectivity index (χ1) is 8.24. The first-order valence-corrected chi connectivity index (χ1v) is 5.73. The third-order valence-electron chi connectivity index (χ3n) is 2.72. The van der Waals surface area contributed by atoms with Crippen LogP contribution in [0.2, 0.25) is 5.02 Å². The van der Waals surface area contributed by atoms with Gasteiger partial charge in [0.2, 0.25) is 0 Å². The van der Waals surface area contributed by atoms with E-state index in [0.717, 1.165) is 21.7 Å². The standard InChI is InChI=1S/C13H14ClN3/c1-9-4-2-6-11(12(9)14)13(17-15)10-5-3-7-16-8-10/h2-8,13,17H,15H2,1H3. The predicted octanol–water partition coefficient (Wildman–Crippen LogP) is 2.60. The van der Waals surface area contributed by atoms with Crippen LogP contribution >= 0.6 is 11.6 Å². The number of aryl methyl sites for hydroxylation is 1. The van der Waals surface area contributed by atoms with Gasteiger partial charge in [-0.15, -0.1) is 0 Å². The smallest absolute Gasteiger partial charge is 0.0739 e. The van der Waals surface area contributed by atoms with Gasteiger partial charge in [0.25, 0.3) is 0 Å². The fraction of sp³-hybridized carbons (Fsp3) is 0.154. The van der Waals surface area contributed by atoms with E-state index in [0.29, 0.717) is 0 Å². The Balaban J connectivity index is 2.46. The number of nitrogens with two attached hydrogens (primary N) is 1. The maximum absolute atomic E-state index is 6.30. The minimum atomic E-state index is -0.143. The summed E-state index contributed by atoms with van der Waals surface area (Å²) >= 11 is 6.30. The minimum Gasteiger partial charge on any atom is -0.271 e. The molecule has 0 fully saturated rings. The Bertz CT molecular complexity index is 499. The highest BCUT2D eigenvalue weighted by Gasteiger charge is 2.16. The van der Waals surface area contributed by atoms with Gasteiger partial charge in [0.05, 0.1) is 6.04 Å². The predicted molar refractivity (Wildman–Crippen MR) is 69.6 cm³/mol. The Kier molecular flexibility index (Phi) is 3.74. The number of rotatable bonds is 3. The summed E-state index contributed by atoms with van der Waals surface area (Å²) < 4.78 is 0. The van der Waals surface area contributed by atoms with Crippen LogP contribution in [-0.2, 0) is 0 Å². The van der Waals surface area contributed by atoms with Gasteiger partial charge >= 0.3 is 0 Å². The summed E-state index contributed by atoms with van der Waals surface area (Å²) in [4.78, 5) is 4.09. The molecule has 2 aromatic rings. The molecule has 1 aromatic heterocycles. The van der Waals surface area contributed by atoms with E-state index in [-0.39, 0.29) is 6.04 Å². The topological polar surface area (TPSA) is 50.9 Å². The van der Waals surface area contributed by atoms with Crippen LogP contribution in [0.15, 0.2) is 42.7 Å². The molecule has 0 radical (unpaired) electrons. The third-order valence-corrected chi connectivity index (χ3v) is 3.23. The van der Waals surface area contributed by atoms with E-state index in [2.05, 4.69) is 10.4 Å². The van der Waals surface area contributed by atoms with Crippen LogP contribution in [0.5, 0.6) is 0 Å². The molecule has 1 heterocycles. The van der Waals surface area contributed by atoms with Crippen LogP contribution in [0.1, 0.15) is 22.7 Å². The lowest BCUT2D eigenvalue weighted by molar-refractivity contribution is 0.634. The Morgan fingerprint density at radius 2 is 2.12 bits per heavy atom. The number of hydrogen-bond donors (Lipinski definition) is 2. The molecule has 0 aliphatic carbocycles. The number of benzene rings is 1. The number of aromatic nitrogens is 1. The number of hydrazine groups is 1. The van der Waals surface area contributed by atoms with Crippen molar-refractivity contribution in [2.75, 3.05) is 0 Å². The van der Waals surface area contributed by atoms with E-state index in [9.17, 15) is 0 Å². The molecule has 0 saturated carbocycles. The lowest BCUT2D eigenvalue weighted by atomic mass is 9.99. The zero-order valence-electron chi connectivity index (χ0n) is 9.52. The highest BCUT2D eigenvalue weighted by molar-refractivity contribution is 6.32. The highest BCUT2D eigenvalue weighted by atomic mass is 35.5. The van der Waals surface area contributed by atoms with Crippen LogP contribution in [0.4, 0.5) is 0 Å². The number of pyridine rings is 1. The van der Waals surface area contributed by atoms with E-state index < -0.39 is 0 Å². The molecule has 1 aromatic carbocycles. The van der Waals surface area contributed by atoms with Crippen LogP contribution < -0.4 is 11.3 Å². The minimum absolute atomic E-state index is 0.143. The first-order valence-electron chi connectivity index (χ1n) is 5.35. The van der Waals surface area contributed by atoms with Crippen LogP contribution in [0.3, 0.4) is 0 Å². The molecule has 0 bridgehead atoms. The Morgan fingerprint density at radius 3 is 2.76 bits per heavy atom. The SMILES string of the molecule is Cc1cccc(C(NN)c2cccnc2)c1Cl. The zero-order chi connectivity index (χ0) is 12.3. The van der Waals surface area contributed by atoms with E-state index >= 15 is 0 Å². The fourth-order valence-corrected chi connectivity index (χ4v) is 2.04.